The van der Waals surface area contributed by atoms with E-state index in [-0.39, 0.29) is 0 Å². The Kier molecular flexibility index (Phi) is 0.495. The van der Waals surface area contributed by atoms with Gasteiger partial charge in [0.25, 0.3) is 0 Å². The molecule has 0 heteroatoms. The third-order valence-corrected chi connectivity index (χ3v) is 2.17. The van der Waals surface area contributed by atoms with E-state index in [1.807, 2.05) is 0 Å². The lowest BCUT2D eigenvalue weighted by molar-refractivity contribution is 0.632. The molecule has 0 heterocycles. The van der Waals surface area contributed by atoms with E-state index in [0.717, 1.165) is 5.41 Å². The monoisotopic (exact) mass is 94.1 g/mol. The molecule has 0 amide bonds. The minimum atomic E-state index is 0.764. The summed E-state index contributed by atoms with van der Waals surface area (Å²) in [5.74, 6) is 0. The van der Waals surface area contributed by atoms with Crippen LogP contribution in [-0.2, 0) is 0 Å². The van der Waals surface area contributed by atoms with Crippen molar-refractivity contribution in [3.8, 4) is 0 Å². The standard InChI is InChI=1S/C7H10/c1-2-4-7(3-1)5-6-7/h1,3H,2,4-6H2. The zero-order valence-electron chi connectivity index (χ0n) is 4.48. The Morgan fingerprint density at radius 1 is 1.14 bits per heavy atom. The van der Waals surface area contributed by atoms with Gasteiger partial charge in [0, 0.05) is 0 Å². The van der Waals surface area contributed by atoms with Gasteiger partial charge in [0.1, 0.15) is 0 Å². The topological polar surface area (TPSA) is 0 Å². The highest BCUT2D eigenvalue weighted by atomic mass is 14.4. The Morgan fingerprint density at radius 2 is 2.00 bits per heavy atom. The quantitative estimate of drug-likeness (QED) is 0.403. The second-order valence-electron chi connectivity index (χ2n) is 2.80. The van der Waals surface area contributed by atoms with Crippen LogP contribution in [0.15, 0.2) is 12.2 Å². The molecule has 0 atom stereocenters. The molecule has 0 aromatic heterocycles. The van der Waals surface area contributed by atoms with Gasteiger partial charge in [0.05, 0.1) is 0 Å². The third-order valence-electron chi connectivity index (χ3n) is 2.17. The summed E-state index contributed by atoms with van der Waals surface area (Å²) in [6.45, 7) is 0. The normalized spacial score (nSPS) is 32.0. The van der Waals surface area contributed by atoms with Gasteiger partial charge in [0.2, 0.25) is 0 Å². The molecular formula is C7H10. The Bertz CT molecular complexity index is 107. The molecule has 38 valence electrons. The van der Waals surface area contributed by atoms with Crippen molar-refractivity contribution in [2.24, 2.45) is 5.41 Å². The van der Waals surface area contributed by atoms with Crippen molar-refractivity contribution in [1.82, 2.24) is 0 Å². The van der Waals surface area contributed by atoms with Crippen molar-refractivity contribution in [1.29, 1.82) is 0 Å². The van der Waals surface area contributed by atoms with Gasteiger partial charge in [-0.05, 0) is 31.1 Å². The number of allylic oxidation sites excluding steroid dienone is 2. The van der Waals surface area contributed by atoms with Crippen molar-refractivity contribution in [2.75, 3.05) is 0 Å². The molecule has 0 aromatic carbocycles. The summed E-state index contributed by atoms with van der Waals surface area (Å²) in [5, 5.41) is 0. The van der Waals surface area contributed by atoms with Crippen LogP contribution in [0.5, 0.6) is 0 Å². The second-order valence-corrected chi connectivity index (χ2v) is 2.80. The Balaban J connectivity index is 2.22. The average Bonchev–Trinajstić information content (AvgIpc) is 2.15. The zero-order chi connectivity index (χ0) is 4.74. The van der Waals surface area contributed by atoms with Crippen molar-refractivity contribution in [3.63, 3.8) is 0 Å². The smallest absolute Gasteiger partial charge is 0.0115 e. The lowest BCUT2D eigenvalue weighted by atomic mass is 10.1. The van der Waals surface area contributed by atoms with E-state index in [1.165, 1.54) is 25.7 Å². The van der Waals surface area contributed by atoms with Crippen molar-refractivity contribution in [2.45, 2.75) is 25.7 Å². The highest BCUT2D eigenvalue weighted by Crippen LogP contribution is 2.53. The lowest BCUT2D eigenvalue weighted by Gasteiger charge is -1.95. The van der Waals surface area contributed by atoms with Gasteiger partial charge in [-0.2, -0.15) is 0 Å². The van der Waals surface area contributed by atoms with Crippen LogP contribution in [-0.4, -0.2) is 0 Å². The molecule has 0 N–H and O–H groups in total. The first-order valence-electron chi connectivity index (χ1n) is 3.09. The Labute approximate surface area is 44.2 Å². The third kappa shape index (κ3) is 0.425. The fraction of sp³-hybridized carbons (Fsp3) is 0.714. The summed E-state index contributed by atoms with van der Waals surface area (Å²) >= 11 is 0. The predicted molar refractivity (Wildman–Crippen MR) is 30.0 cm³/mol. The van der Waals surface area contributed by atoms with E-state index in [1.54, 1.807) is 0 Å². The maximum atomic E-state index is 2.41. The molecule has 0 bridgehead atoms. The SMILES string of the molecule is C1=CC2(CC1)CC2. The molecule has 0 aliphatic heterocycles. The van der Waals surface area contributed by atoms with E-state index in [2.05, 4.69) is 12.2 Å². The molecule has 1 spiro atoms. The molecule has 2 aliphatic rings. The van der Waals surface area contributed by atoms with Crippen LogP contribution in [0.2, 0.25) is 0 Å². The van der Waals surface area contributed by atoms with Gasteiger partial charge in [0.15, 0.2) is 0 Å². The molecule has 1 fully saturated rings. The first-order chi connectivity index (χ1) is 3.41. The van der Waals surface area contributed by atoms with Crippen LogP contribution in [0.1, 0.15) is 25.7 Å². The fourth-order valence-corrected chi connectivity index (χ4v) is 1.36. The molecule has 7 heavy (non-hydrogen) atoms. The molecule has 0 unspecified atom stereocenters. The summed E-state index contributed by atoms with van der Waals surface area (Å²) < 4.78 is 0. The molecule has 0 nitrogen and oxygen atoms in total. The number of hydrogen-bond donors (Lipinski definition) is 0. The summed E-state index contributed by atoms with van der Waals surface area (Å²) in [7, 11) is 0. The first-order valence-corrected chi connectivity index (χ1v) is 3.09. The average molecular weight is 94.2 g/mol. The van der Waals surface area contributed by atoms with Crippen molar-refractivity contribution < 1.29 is 0 Å². The van der Waals surface area contributed by atoms with Gasteiger partial charge >= 0.3 is 0 Å². The van der Waals surface area contributed by atoms with Crippen LogP contribution >= 0.6 is 0 Å². The van der Waals surface area contributed by atoms with Crippen LogP contribution in [0.4, 0.5) is 0 Å². The summed E-state index contributed by atoms with van der Waals surface area (Å²) in [6.07, 6.45) is 10.5. The molecule has 1 saturated carbocycles. The summed E-state index contributed by atoms with van der Waals surface area (Å²) in [4.78, 5) is 0. The maximum absolute atomic E-state index is 2.41. The van der Waals surface area contributed by atoms with Gasteiger partial charge < -0.3 is 0 Å². The van der Waals surface area contributed by atoms with Crippen LogP contribution < -0.4 is 0 Å². The molecule has 0 radical (unpaired) electrons. The second kappa shape index (κ2) is 0.936. The minimum Gasteiger partial charge on any atom is -0.0879 e. The summed E-state index contributed by atoms with van der Waals surface area (Å²) in [6, 6.07) is 0. The largest absolute Gasteiger partial charge is 0.0879 e. The zero-order valence-corrected chi connectivity index (χ0v) is 4.48. The van der Waals surface area contributed by atoms with E-state index in [0.29, 0.717) is 0 Å². The van der Waals surface area contributed by atoms with Gasteiger partial charge in [-0.25, -0.2) is 0 Å². The van der Waals surface area contributed by atoms with Crippen molar-refractivity contribution in [3.05, 3.63) is 12.2 Å². The highest BCUT2D eigenvalue weighted by Gasteiger charge is 2.40. The van der Waals surface area contributed by atoms with E-state index >= 15 is 0 Å². The number of hydrogen-bond acceptors (Lipinski definition) is 0. The lowest BCUT2D eigenvalue weighted by Crippen LogP contribution is -1.84. The van der Waals surface area contributed by atoms with E-state index in [4.69, 9.17) is 0 Å². The van der Waals surface area contributed by atoms with Crippen LogP contribution in [0.3, 0.4) is 0 Å². The first kappa shape index (κ1) is 3.71. The number of rotatable bonds is 0. The summed E-state index contributed by atoms with van der Waals surface area (Å²) in [5.41, 5.74) is 0.764. The van der Waals surface area contributed by atoms with Crippen LogP contribution in [0.25, 0.3) is 0 Å². The van der Waals surface area contributed by atoms with Gasteiger partial charge in [-0.1, -0.05) is 12.2 Å². The van der Waals surface area contributed by atoms with Crippen molar-refractivity contribution >= 4 is 0 Å². The van der Waals surface area contributed by atoms with Gasteiger partial charge in [-0.15, -0.1) is 0 Å². The molecule has 0 saturated heterocycles. The predicted octanol–water partition coefficient (Wildman–Crippen LogP) is 2.12. The Hall–Kier alpha value is -0.260. The molecule has 0 aromatic rings. The fourth-order valence-electron chi connectivity index (χ4n) is 1.36. The minimum absolute atomic E-state index is 0.764. The van der Waals surface area contributed by atoms with Gasteiger partial charge in [-0.3, -0.25) is 0 Å². The van der Waals surface area contributed by atoms with E-state index in [9.17, 15) is 0 Å². The molecule has 2 rings (SSSR count). The Morgan fingerprint density at radius 3 is 2.29 bits per heavy atom. The van der Waals surface area contributed by atoms with E-state index < -0.39 is 0 Å². The molecule has 2 aliphatic carbocycles. The highest BCUT2D eigenvalue weighted by molar-refractivity contribution is 5.14. The molecular weight excluding hydrogens is 84.1 g/mol. The van der Waals surface area contributed by atoms with Crippen LogP contribution in [0, 0.1) is 5.41 Å². The maximum Gasteiger partial charge on any atom is -0.0115 e.